The maximum Gasteiger partial charge on any atom is 0.244 e. The molecule has 0 amide bonds. The van der Waals surface area contributed by atoms with Gasteiger partial charge in [-0.15, -0.1) is 5.54 Å². The Hall–Kier alpha value is -1.16. The first-order chi connectivity index (χ1) is 12.1. The fourth-order valence-electron chi connectivity index (χ4n) is 3.86. The van der Waals surface area contributed by atoms with Crippen LogP contribution in [0.15, 0.2) is 23.1 Å². The first kappa shape index (κ1) is 23.9. The van der Waals surface area contributed by atoms with E-state index in [1.54, 1.807) is 26.8 Å². The molecule has 0 aliphatic heterocycles. The molecule has 1 aromatic carbocycles. The van der Waals surface area contributed by atoms with Gasteiger partial charge in [-0.3, -0.25) is 0 Å². The number of hydrogen-bond donors (Lipinski definition) is 1. The second-order valence-electron chi connectivity index (χ2n) is 9.15. The van der Waals surface area contributed by atoms with E-state index >= 15 is 0 Å². The van der Waals surface area contributed by atoms with Gasteiger partial charge in [0.05, 0.1) is 0 Å². The minimum absolute atomic E-state index is 0.352. The summed E-state index contributed by atoms with van der Waals surface area (Å²) in [6.07, 6.45) is 0. The average Bonchev–Trinajstić information content (AvgIpc) is 2.45. The summed E-state index contributed by atoms with van der Waals surface area (Å²) in [6, 6.07) is 4.08. The third kappa shape index (κ3) is 5.66. The Balaban J connectivity index is 3.47. The predicted molar refractivity (Wildman–Crippen MR) is 114 cm³/mol. The van der Waals surface area contributed by atoms with Crippen LogP contribution < -0.4 is 4.72 Å². The molecule has 0 heterocycles. The van der Waals surface area contributed by atoms with Gasteiger partial charge in [0.2, 0.25) is 10.0 Å². The van der Waals surface area contributed by atoms with Crippen molar-refractivity contribution < 1.29 is 12.8 Å². The fourth-order valence-corrected chi connectivity index (χ4v) is 10.6. The molecule has 6 heteroatoms. The van der Waals surface area contributed by atoms with Crippen LogP contribution in [0.25, 0.3) is 0 Å². The first-order valence-corrected chi connectivity index (χ1v) is 13.2. The van der Waals surface area contributed by atoms with Gasteiger partial charge in [0.25, 0.3) is 0 Å². The normalized spacial score (nSPS) is 13.2. The van der Waals surface area contributed by atoms with Crippen molar-refractivity contribution in [3.8, 4) is 11.5 Å². The molecule has 0 aromatic heterocycles. The van der Waals surface area contributed by atoms with Gasteiger partial charge in [0.1, 0.15) is 18.8 Å². The van der Waals surface area contributed by atoms with E-state index in [1.807, 2.05) is 0 Å². The topological polar surface area (TPSA) is 46.2 Å². The SMILES string of the molecule is CC(C)[Si](C#Cc1ccc(F)c(S(=O)(=O)NC(C)(C)C)c1)(C(C)C)C(C)C. The summed E-state index contributed by atoms with van der Waals surface area (Å²) in [5.74, 6) is 2.42. The molecule has 0 unspecified atom stereocenters. The first-order valence-electron chi connectivity index (χ1n) is 9.50. The van der Waals surface area contributed by atoms with Crippen LogP contribution in [0.1, 0.15) is 67.9 Å². The van der Waals surface area contributed by atoms with Crippen molar-refractivity contribution in [1.82, 2.24) is 4.72 Å². The smallest absolute Gasteiger partial charge is 0.207 e. The summed E-state index contributed by atoms with van der Waals surface area (Å²) in [5, 5.41) is 0. The molecule has 0 bridgehead atoms. The highest BCUT2D eigenvalue weighted by Crippen LogP contribution is 2.40. The van der Waals surface area contributed by atoms with Crippen LogP contribution in [0.2, 0.25) is 16.6 Å². The van der Waals surface area contributed by atoms with Crippen molar-refractivity contribution in [2.75, 3.05) is 0 Å². The van der Waals surface area contributed by atoms with Crippen molar-refractivity contribution in [1.29, 1.82) is 0 Å². The van der Waals surface area contributed by atoms with E-state index in [4.69, 9.17) is 0 Å². The van der Waals surface area contributed by atoms with Crippen LogP contribution in [0, 0.1) is 17.3 Å². The van der Waals surface area contributed by atoms with E-state index in [0.717, 1.165) is 0 Å². The molecule has 0 spiro atoms. The van der Waals surface area contributed by atoms with Crippen molar-refractivity contribution in [3.63, 3.8) is 0 Å². The van der Waals surface area contributed by atoms with Crippen molar-refractivity contribution in [3.05, 3.63) is 29.6 Å². The fraction of sp³-hybridized carbons (Fsp3) is 0.619. The quantitative estimate of drug-likeness (QED) is 0.516. The number of halogens is 1. The zero-order valence-corrected chi connectivity index (χ0v) is 19.9. The number of nitrogens with one attached hydrogen (secondary N) is 1. The summed E-state index contributed by atoms with van der Waals surface area (Å²) in [7, 11) is -5.90. The van der Waals surface area contributed by atoms with Crippen molar-refractivity contribution in [2.24, 2.45) is 0 Å². The summed E-state index contributed by atoms with van der Waals surface area (Å²) in [4.78, 5) is -0.352. The molecule has 0 saturated carbocycles. The highest BCUT2D eigenvalue weighted by Gasteiger charge is 2.41. The molecule has 0 fully saturated rings. The van der Waals surface area contributed by atoms with E-state index in [0.29, 0.717) is 22.2 Å². The molecule has 27 heavy (non-hydrogen) atoms. The Morgan fingerprint density at radius 1 is 1.00 bits per heavy atom. The Bertz CT molecular complexity index is 806. The average molecular weight is 412 g/mol. The minimum Gasteiger partial charge on any atom is -0.207 e. The van der Waals surface area contributed by atoms with Crippen molar-refractivity contribution >= 4 is 18.1 Å². The van der Waals surface area contributed by atoms with E-state index in [9.17, 15) is 12.8 Å². The number of sulfonamides is 1. The second kappa shape index (κ2) is 8.46. The summed E-state index contributed by atoms with van der Waals surface area (Å²) in [5.41, 5.74) is 4.79. The molecule has 1 N–H and O–H groups in total. The molecule has 3 nitrogen and oxygen atoms in total. The van der Waals surface area contributed by atoms with E-state index < -0.39 is 29.5 Å². The number of hydrogen-bond acceptors (Lipinski definition) is 2. The standard InChI is InChI=1S/C21H34FNO2SSi/c1-15(2)27(16(3)4,17(5)6)13-12-18-10-11-19(22)20(14-18)26(24,25)23-21(7,8)9/h10-11,14-17,23H,1-9H3. The molecular formula is C21H34FNO2SSi. The van der Waals surface area contributed by atoms with Gasteiger partial charge in [-0.05, 0) is 55.6 Å². The van der Waals surface area contributed by atoms with Gasteiger partial charge in [-0.25, -0.2) is 17.5 Å². The molecule has 0 saturated heterocycles. The highest BCUT2D eigenvalue weighted by atomic mass is 32.2. The molecule has 0 radical (unpaired) electrons. The highest BCUT2D eigenvalue weighted by molar-refractivity contribution is 7.89. The Kier molecular flexibility index (Phi) is 7.48. The van der Waals surface area contributed by atoms with Gasteiger partial charge >= 0.3 is 0 Å². The van der Waals surface area contributed by atoms with Gasteiger partial charge in [-0.2, -0.15) is 0 Å². The Labute approximate surface area is 166 Å². The number of rotatable bonds is 5. The maximum absolute atomic E-state index is 14.2. The third-order valence-corrected chi connectivity index (χ3v) is 13.0. The lowest BCUT2D eigenvalue weighted by Crippen LogP contribution is -2.43. The zero-order valence-electron chi connectivity index (χ0n) is 18.1. The van der Waals surface area contributed by atoms with Crippen LogP contribution >= 0.6 is 0 Å². The van der Waals surface area contributed by atoms with Crippen LogP contribution in [-0.4, -0.2) is 22.0 Å². The van der Waals surface area contributed by atoms with Gasteiger partial charge in [0.15, 0.2) is 0 Å². The van der Waals surface area contributed by atoms with E-state index in [2.05, 4.69) is 57.7 Å². The van der Waals surface area contributed by atoms with Gasteiger partial charge < -0.3 is 0 Å². The lowest BCUT2D eigenvalue weighted by Gasteiger charge is -2.38. The maximum atomic E-state index is 14.2. The molecule has 0 aliphatic carbocycles. The molecule has 1 aromatic rings. The zero-order chi connectivity index (χ0) is 21.2. The van der Waals surface area contributed by atoms with Crippen LogP contribution in [0.3, 0.4) is 0 Å². The molecule has 152 valence electrons. The third-order valence-electron chi connectivity index (χ3n) is 4.95. The lowest BCUT2D eigenvalue weighted by atomic mass is 10.1. The van der Waals surface area contributed by atoms with Crippen molar-refractivity contribution in [2.45, 2.75) is 89.4 Å². The van der Waals surface area contributed by atoms with Gasteiger partial charge in [0, 0.05) is 11.1 Å². The van der Waals surface area contributed by atoms with Crippen LogP contribution in [-0.2, 0) is 10.0 Å². The predicted octanol–water partition coefficient (Wildman–Crippen LogP) is 5.47. The number of benzene rings is 1. The van der Waals surface area contributed by atoms with Gasteiger partial charge in [-0.1, -0.05) is 47.5 Å². The summed E-state index contributed by atoms with van der Waals surface area (Å²) in [6.45, 7) is 18.5. The second-order valence-corrected chi connectivity index (χ2v) is 16.4. The monoisotopic (exact) mass is 411 g/mol. The largest absolute Gasteiger partial charge is 0.244 e. The molecular weight excluding hydrogens is 377 g/mol. The minimum atomic E-state index is -3.96. The molecule has 1 rings (SSSR count). The van der Waals surface area contributed by atoms with E-state index in [1.165, 1.54) is 12.1 Å². The van der Waals surface area contributed by atoms with Crippen LogP contribution in [0.4, 0.5) is 4.39 Å². The summed E-state index contributed by atoms with van der Waals surface area (Å²) >= 11 is 0. The molecule has 0 atom stereocenters. The van der Waals surface area contributed by atoms with E-state index in [-0.39, 0.29) is 4.90 Å². The summed E-state index contributed by atoms with van der Waals surface area (Å²) < 4.78 is 41.9. The molecule has 0 aliphatic rings. The Morgan fingerprint density at radius 3 is 1.89 bits per heavy atom. The van der Waals surface area contributed by atoms with Crippen LogP contribution in [0.5, 0.6) is 0 Å². The Morgan fingerprint density at radius 2 is 1.48 bits per heavy atom. The lowest BCUT2D eigenvalue weighted by molar-refractivity contribution is 0.486.